The molecule has 0 radical (unpaired) electrons. The highest BCUT2D eigenvalue weighted by atomic mass is 35.5. The molecule has 0 bridgehead atoms. The molecule has 1 aromatic rings. The van der Waals surface area contributed by atoms with Crippen molar-refractivity contribution < 1.29 is 9.53 Å². The second kappa shape index (κ2) is 5.64. The quantitative estimate of drug-likeness (QED) is 0.808. The molecule has 1 rings (SSSR count). The van der Waals surface area contributed by atoms with Crippen molar-refractivity contribution in [1.29, 1.82) is 5.26 Å². The van der Waals surface area contributed by atoms with Gasteiger partial charge in [-0.25, -0.2) is 0 Å². The number of benzene rings is 1. The number of halogens is 1. The summed E-state index contributed by atoms with van der Waals surface area (Å²) in [5.74, 6) is -1.13. The molecular formula is C12H12ClNO2. The number of nitriles is 1. The number of carbonyl (C=O) groups excluding carboxylic acids is 1. The Morgan fingerprint density at radius 2 is 2.31 bits per heavy atom. The summed E-state index contributed by atoms with van der Waals surface area (Å²) in [5.41, 5.74) is 1.40. The molecule has 1 aromatic carbocycles. The van der Waals surface area contributed by atoms with Crippen molar-refractivity contribution in [3.63, 3.8) is 0 Å². The van der Waals surface area contributed by atoms with Crippen LogP contribution in [0.3, 0.4) is 0 Å². The summed E-state index contributed by atoms with van der Waals surface area (Å²) in [5, 5.41) is 9.48. The van der Waals surface area contributed by atoms with Gasteiger partial charge in [-0.1, -0.05) is 29.8 Å². The van der Waals surface area contributed by atoms with Crippen molar-refractivity contribution in [2.24, 2.45) is 0 Å². The van der Waals surface area contributed by atoms with Gasteiger partial charge in [-0.15, -0.1) is 0 Å². The highest BCUT2D eigenvalue weighted by Gasteiger charge is 2.22. The Morgan fingerprint density at radius 1 is 1.62 bits per heavy atom. The Morgan fingerprint density at radius 3 is 2.88 bits per heavy atom. The third kappa shape index (κ3) is 2.60. The molecule has 0 aliphatic carbocycles. The van der Waals surface area contributed by atoms with Gasteiger partial charge in [-0.3, -0.25) is 4.79 Å². The molecule has 0 aromatic heterocycles. The minimum atomic E-state index is -0.854. The van der Waals surface area contributed by atoms with Crippen molar-refractivity contribution in [1.82, 2.24) is 0 Å². The minimum Gasteiger partial charge on any atom is -0.377 e. The monoisotopic (exact) mass is 237 g/mol. The Labute approximate surface area is 99.6 Å². The first kappa shape index (κ1) is 12.7. The van der Waals surface area contributed by atoms with Crippen molar-refractivity contribution in [3.05, 3.63) is 34.3 Å². The van der Waals surface area contributed by atoms with Crippen LogP contribution in [0.25, 0.3) is 0 Å². The summed E-state index contributed by atoms with van der Waals surface area (Å²) < 4.78 is 4.73. The molecule has 0 saturated heterocycles. The van der Waals surface area contributed by atoms with Crippen LogP contribution in [0, 0.1) is 18.3 Å². The highest BCUT2D eigenvalue weighted by Crippen LogP contribution is 2.27. The predicted molar refractivity (Wildman–Crippen MR) is 61.4 cm³/mol. The van der Waals surface area contributed by atoms with Gasteiger partial charge in [0.2, 0.25) is 0 Å². The average Bonchev–Trinajstić information content (AvgIpc) is 2.25. The van der Waals surface area contributed by atoms with E-state index in [4.69, 9.17) is 21.6 Å². The average molecular weight is 238 g/mol. The van der Waals surface area contributed by atoms with Crippen molar-refractivity contribution in [2.75, 3.05) is 13.7 Å². The summed E-state index contributed by atoms with van der Waals surface area (Å²) >= 11 is 6.07. The van der Waals surface area contributed by atoms with Gasteiger partial charge < -0.3 is 4.74 Å². The molecule has 0 N–H and O–H groups in total. The van der Waals surface area contributed by atoms with Crippen LogP contribution in [0.4, 0.5) is 0 Å². The highest BCUT2D eigenvalue weighted by molar-refractivity contribution is 6.32. The molecule has 3 nitrogen and oxygen atoms in total. The Hall–Kier alpha value is -1.37. The first-order valence-corrected chi connectivity index (χ1v) is 5.16. The first-order valence-electron chi connectivity index (χ1n) is 4.78. The zero-order valence-electron chi connectivity index (χ0n) is 9.16. The lowest BCUT2D eigenvalue weighted by atomic mass is 9.95. The summed E-state index contributed by atoms with van der Waals surface area (Å²) in [6, 6.07) is 7.26. The predicted octanol–water partition coefficient (Wildman–Crippen LogP) is 2.47. The molecule has 0 amide bonds. The van der Waals surface area contributed by atoms with Gasteiger partial charge >= 0.3 is 0 Å². The van der Waals surface area contributed by atoms with Crippen LogP contribution in [0.1, 0.15) is 17.0 Å². The maximum absolute atomic E-state index is 11.6. The number of nitrogens with zero attached hydrogens (tertiary/aromatic N) is 1. The van der Waals surface area contributed by atoms with Crippen LogP contribution in [0.15, 0.2) is 18.2 Å². The second-order valence-corrected chi connectivity index (χ2v) is 3.82. The van der Waals surface area contributed by atoms with E-state index in [1.807, 2.05) is 19.1 Å². The minimum absolute atomic E-state index is 0.0809. The van der Waals surface area contributed by atoms with E-state index in [9.17, 15) is 4.79 Å². The SMILES string of the molecule is COCC(=O)C(C#N)c1cccc(C)c1Cl. The molecule has 1 atom stereocenters. The normalized spacial score (nSPS) is 11.9. The van der Waals surface area contributed by atoms with Crippen LogP contribution in [0.2, 0.25) is 5.02 Å². The van der Waals surface area contributed by atoms with E-state index >= 15 is 0 Å². The van der Waals surface area contributed by atoms with Crippen molar-refractivity contribution in [3.8, 4) is 6.07 Å². The zero-order valence-corrected chi connectivity index (χ0v) is 9.91. The molecule has 0 aliphatic heterocycles. The number of rotatable bonds is 4. The van der Waals surface area contributed by atoms with Gasteiger partial charge in [0.05, 0.1) is 6.07 Å². The van der Waals surface area contributed by atoms with E-state index in [1.165, 1.54) is 7.11 Å². The number of ketones is 1. The molecule has 16 heavy (non-hydrogen) atoms. The molecule has 0 saturated carbocycles. The van der Waals surface area contributed by atoms with E-state index in [2.05, 4.69) is 0 Å². The molecule has 84 valence electrons. The number of aryl methyl sites for hydroxylation is 1. The largest absolute Gasteiger partial charge is 0.377 e. The number of ether oxygens (including phenoxy) is 1. The lowest BCUT2D eigenvalue weighted by Crippen LogP contribution is -2.16. The fourth-order valence-electron chi connectivity index (χ4n) is 1.43. The summed E-state index contributed by atoms with van der Waals surface area (Å²) in [6.45, 7) is 1.75. The molecule has 0 heterocycles. The number of carbonyl (C=O) groups is 1. The maximum atomic E-state index is 11.6. The van der Waals surface area contributed by atoms with Gasteiger partial charge in [0, 0.05) is 12.1 Å². The zero-order chi connectivity index (χ0) is 12.1. The van der Waals surface area contributed by atoms with E-state index in [-0.39, 0.29) is 12.4 Å². The molecular weight excluding hydrogens is 226 g/mol. The van der Waals surface area contributed by atoms with Crippen LogP contribution in [0.5, 0.6) is 0 Å². The smallest absolute Gasteiger partial charge is 0.180 e. The van der Waals surface area contributed by atoms with E-state index in [1.54, 1.807) is 12.1 Å². The van der Waals surface area contributed by atoms with Gasteiger partial charge in [0.1, 0.15) is 12.5 Å². The Bertz CT molecular complexity index is 437. The number of hydrogen-bond acceptors (Lipinski definition) is 3. The van der Waals surface area contributed by atoms with Crippen LogP contribution in [-0.2, 0) is 9.53 Å². The topological polar surface area (TPSA) is 50.1 Å². The third-order valence-electron chi connectivity index (χ3n) is 2.27. The summed E-state index contributed by atoms with van der Waals surface area (Å²) in [7, 11) is 1.42. The lowest BCUT2D eigenvalue weighted by molar-refractivity contribution is -0.122. The standard InChI is InChI=1S/C12H12ClNO2/c1-8-4-3-5-9(12(8)13)10(6-14)11(15)7-16-2/h3-5,10H,7H2,1-2H3. The van der Waals surface area contributed by atoms with Gasteiger partial charge in [0.25, 0.3) is 0 Å². The van der Waals surface area contributed by atoms with E-state index in [0.717, 1.165) is 5.56 Å². The third-order valence-corrected chi connectivity index (χ3v) is 2.79. The fraction of sp³-hybridized carbons (Fsp3) is 0.333. The number of Topliss-reactive ketones (excluding diaryl/α,β-unsaturated/α-hetero) is 1. The van der Waals surface area contributed by atoms with Gasteiger partial charge in [-0.05, 0) is 18.1 Å². The van der Waals surface area contributed by atoms with Crippen molar-refractivity contribution in [2.45, 2.75) is 12.8 Å². The molecule has 0 aliphatic rings. The Balaban J connectivity index is 3.10. The number of methoxy groups -OCH3 is 1. The van der Waals surface area contributed by atoms with Crippen molar-refractivity contribution >= 4 is 17.4 Å². The van der Waals surface area contributed by atoms with Gasteiger partial charge in [0.15, 0.2) is 5.78 Å². The summed E-state index contributed by atoms with van der Waals surface area (Å²) in [6.07, 6.45) is 0. The molecule has 0 fully saturated rings. The van der Waals surface area contributed by atoms with Crippen LogP contribution < -0.4 is 0 Å². The number of hydrogen-bond donors (Lipinski definition) is 0. The Kier molecular flexibility index (Phi) is 4.48. The van der Waals surface area contributed by atoms with Crippen LogP contribution >= 0.6 is 11.6 Å². The lowest BCUT2D eigenvalue weighted by Gasteiger charge is -2.11. The molecule has 4 heteroatoms. The first-order chi connectivity index (χ1) is 7.61. The van der Waals surface area contributed by atoms with E-state index in [0.29, 0.717) is 10.6 Å². The summed E-state index contributed by atoms with van der Waals surface area (Å²) in [4.78, 5) is 11.6. The van der Waals surface area contributed by atoms with E-state index < -0.39 is 5.92 Å². The molecule has 1 unspecified atom stereocenters. The van der Waals surface area contributed by atoms with Crippen LogP contribution in [-0.4, -0.2) is 19.5 Å². The maximum Gasteiger partial charge on any atom is 0.180 e. The molecule has 0 spiro atoms. The fourth-order valence-corrected chi connectivity index (χ4v) is 1.67. The second-order valence-electron chi connectivity index (χ2n) is 3.44. The van der Waals surface area contributed by atoms with Gasteiger partial charge in [-0.2, -0.15) is 5.26 Å².